The highest BCUT2D eigenvalue weighted by molar-refractivity contribution is 5.82. The Hall–Kier alpha value is -0.570. The first-order valence-corrected chi connectivity index (χ1v) is 4.23. The van der Waals surface area contributed by atoms with Crippen LogP contribution in [0.5, 0.6) is 0 Å². The summed E-state index contributed by atoms with van der Waals surface area (Å²) in [7, 11) is 3.40. The molecule has 3 heteroatoms. The fraction of sp³-hybridized carbons (Fsp3) is 0.889. The Labute approximate surface area is 74.4 Å². The Kier molecular flexibility index (Phi) is 3.71. The number of carbonyl (C=O) groups excluding carboxylic acids is 1. The van der Waals surface area contributed by atoms with Gasteiger partial charge in [0.05, 0.1) is 11.5 Å². The summed E-state index contributed by atoms with van der Waals surface area (Å²) in [4.78, 5) is 13.0. The average molecular weight is 173 g/mol. The second-order valence-corrected chi connectivity index (χ2v) is 3.85. The molecule has 0 fully saturated rings. The number of aliphatic hydroxyl groups is 1. The van der Waals surface area contributed by atoms with Crippen molar-refractivity contribution in [2.45, 2.75) is 33.3 Å². The van der Waals surface area contributed by atoms with Crippen molar-refractivity contribution >= 4 is 5.91 Å². The van der Waals surface area contributed by atoms with E-state index in [4.69, 9.17) is 0 Å². The van der Waals surface area contributed by atoms with Gasteiger partial charge in [-0.15, -0.1) is 0 Å². The number of nitrogens with zero attached hydrogens (tertiary/aromatic N) is 1. The molecule has 0 saturated heterocycles. The predicted molar refractivity (Wildman–Crippen MR) is 48.8 cm³/mol. The van der Waals surface area contributed by atoms with E-state index in [9.17, 15) is 9.90 Å². The Bertz CT molecular complexity index is 164. The highest BCUT2D eigenvalue weighted by Crippen LogP contribution is 2.24. The number of amides is 1. The maximum atomic E-state index is 11.5. The van der Waals surface area contributed by atoms with E-state index in [0.717, 1.165) is 0 Å². The SMILES string of the molecule is CC[C@H](O)C(C)(C)C(=O)N(C)C. The summed E-state index contributed by atoms with van der Waals surface area (Å²) in [5.41, 5.74) is -0.668. The third kappa shape index (κ3) is 2.21. The van der Waals surface area contributed by atoms with Gasteiger partial charge in [-0.3, -0.25) is 4.79 Å². The summed E-state index contributed by atoms with van der Waals surface area (Å²) < 4.78 is 0. The number of aliphatic hydroxyl groups excluding tert-OH is 1. The van der Waals surface area contributed by atoms with Crippen LogP contribution in [0.2, 0.25) is 0 Å². The van der Waals surface area contributed by atoms with Crippen molar-refractivity contribution < 1.29 is 9.90 Å². The maximum absolute atomic E-state index is 11.5. The van der Waals surface area contributed by atoms with Gasteiger partial charge < -0.3 is 10.0 Å². The first-order valence-electron chi connectivity index (χ1n) is 4.23. The molecule has 0 aromatic carbocycles. The minimum atomic E-state index is -0.668. The van der Waals surface area contributed by atoms with Crippen LogP contribution >= 0.6 is 0 Å². The number of hydrogen-bond donors (Lipinski definition) is 1. The molecule has 0 rings (SSSR count). The van der Waals surface area contributed by atoms with Crippen LogP contribution in [-0.4, -0.2) is 36.1 Å². The number of hydrogen-bond acceptors (Lipinski definition) is 2. The molecule has 0 aliphatic rings. The summed E-state index contributed by atoms with van der Waals surface area (Å²) in [5.74, 6) is -0.0307. The third-order valence-corrected chi connectivity index (χ3v) is 2.18. The first-order chi connectivity index (χ1) is 5.34. The molecule has 1 amide bonds. The molecule has 0 unspecified atom stereocenters. The lowest BCUT2D eigenvalue weighted by molar-refractivity contribution is -0.144. The maximum Gasteiger partial charge on any atom is 0.230 e. The van der Waals surface area contributed by atoms with E-state index in [1.165, 1.54) is 4.90 Å². The zero-order chi connectivity index (χ0) is 9.94. The number of carbonyl (C=O) groups is 1. The lowest BCUT2D eigenvalue weighted by Gasteiger charge is -2.31. The smallest absolute Gasteiger partial charge is 0.230 e. The van der Waals surface area contributed by atoms with E-state index in [-0.39, 0.29) is 5.91 Å². The Morgan fingerprint density at radius 2 is 1.92 bits per heavy atom. The van der Waals surface area contributed by atoms with Crippen LogP contribution in [0.3, 0.4) is 0 Å². The zero-order valence-corrected chi connectivity index (χ0v) is 8.59. The minimum absolute atomic E-state index is 0.0307. The Balaban J connectivity index is 4.49. The van der Waals surface area contributed by atoms with Crippen molar-refractivity contribution in [3.8, 4) is 0 Å². The van der Waals surface area contributed by atoms with Crippen molar-refractivity contribution in [2.75, 3.05) is 14.1 Å². The quantitative estimate of drug-likeness (QED) is 0.688. The standard InChI is InChI=1S/C9H19NO2/c1-6-7(11)9(2,3)8(12)10(4)5/h7,11H,6H2,1-5H3/t7-/m0/s1. The second-order valence-electron chi connectivity index (χ2n) is 3.85. The molecule has 0 bridgehead atoms. The van der Waals surface area contributed by atoms with Crippen molar-refractivity contribution in [3.05, 3.63) is 0 Å². The van der Waals surface area contributed by atoms with Crippen LogP contribution in [0.25, 0.3) is 0 Å². The van der Waals surface area contributed by atoms with Crippen LogP contribution in [0.1, 0.15) is 27.2 Å². The molecule has 0 aliphatic carbocycles. The van der Waals surface area contributed by atoms with Crippen molar-refractivity contribution in [2.24, 2.45) is 5.41 Å². The second kappa shape index (κ2) is 3.90. The van der Waals surface area contributed by atoms with Crippen LogP contribution in [0, 0.1) is 5.41 Å². The minimum Gasteiger partial charge on any atom is -0.392 e. The predicted octanol–water partition coefficient (Wildman–Crippen LogP) is 0.872. The summed E-state index contributed by atoms with van der Waals surface area (Å²) in [6.07, 6.45) is 0.0412. The molecule has 0 aromatic rings. The fourth-order valence-electron chi connectivity index (χ4n) is 1.23. The van der Waals surface area contributed by atoms with Crippen molar-refractivity contribution in [3.63, 3.8) is 0 Å². The summed E-state index contributed by atoms with van der Waals surface area (Å²) in [6.45, 7) is 5.41. The summed E-state index contributed by atoms with van der Waals surface area (Å²) >= 11 is 0. The first kappa shape index (κ1) is 11.4. The molecule has 0 aromatic heterocycles. The van der Waals surface area contributed by atoms with Gasteiger partial charge in [-0.05, 0) is 20.3 Å². The van der Waals surface area contributed by atoms with E-state index < -0.39 is 11.5 Å². The van der Waals surface area contributed by atoms with Crippen LogP contribution < -0.4 is 0 Å². The molecule has 12 heavy (non-hydrogen) atoms. The topological polar surface area (TPSA) is 40.5 Å². The Morgan fingerprint density at radius 3 is 2.17 bits per heavy atom. The van der Waals surface area contributed by atoms with E-state index in [0.29, 0.717) is 6.42 Å². The molecule has 0 radical (unpaired) electrons. The van der Waals surface area contributed by atoms with Gasteiger partial charge in [0.15, 0.2) is 0 Å². The van der Waals surface area contributed by atoms with Crippen molar-refractivity contribution in [1.82, 2.24) is 4.90 Å². The molecular formula is C9H19NO2. The normalized spacial score (nSPS) is 14.2. The molecule has 0 heterocycles. The molecular weight excluding hydrogens is 154 g/mol. The monoisotopic (exact) mass is 173 g/mol. The Morgan fingerprint density at radius 1 is 1.50 bits per heavy atom. The van der Waals surface area contributed by atoms with Gasteiger partial charge >= 0.3 is 0 Å². The van der Waals surface area contributed by atoms with Gasteiger partial charge in [0, 0.05) is 14.1 Å². The lowest BCUT2D eigenvalue weighted by Crippen LogP contribution is -2.43. The van der Waals surface area contributed by atoms with E-state index >= 15 is 0 Å². The zero-order valence-electron chi connectivity index (χ0n) is 8.59. The molecule has 3 nitrogen and oxygen atoms in total. The highest BCUT2D eigenvalue weighted by atomic mass is 16.3. The molecule has 1 atom stereocenters. The van der Waals surface area contributed by atoms with Crippen LogP contribution in [-0.2, 0) is 4.79 Å². The van der Waals surface area contributed by atoms with Gasteiger partial charge in [0.1, 0.15) is 0 Å². The summed E-state index contributed by atoms with van der Waals surface area (Å²) in [5, 5.41) is 9.56. The van der Waals surface area contributed by atoms with Crippen LogP contribution in [0.15, 0.2) is 0 Å². The van der Waals surface area contributed by atoms with E-state index in [1.54, 1.807) is 27.9 Å². The molecule has 72 valence electrons. The average Bonchev–Trinajstić information content (AvgIpc) is 2.01. The summed E-state index contributed by atoms with van der Waals surface area (Å²) in [6, 6.07) is 0. The van der Waals surface area contributed by atoms with E-state index in [2.05, 4.69) is 0 Å². The molecule has 1 N–H and O–H groups in total. The number of rotatable bonds is 3. The fourth-order valence-corrected chi connectivity index (χ4v) is 1.23. The van der Waals surface area contributed by atoms with Gasteiger partial charge in [-0.1, -0.05) is 6.92 Å². The van der Waals surface area contributed by atoms with Gasteiger partial charge in [0.25, 0.3) is 0 Å². The highest BCUT2D eigenvalue weighted by Gasteiger charge is 2.35. The van der Waals surface area contributed by atoms with Crippen molar-refractivity contribution in [1.29, 1.82) is 0 Å². The van der Waals surface area contributed by atoms with Gasteiger partial charge in [-0.25, -0.2) is 0 Å². The molecule has 0 spiro atoms. The van der Waals surface area contributed by atoms with E-state index in [1.807, 2.05) is 6.92 Å². The largest absolute Gasteiger partial charge is 0.392 e. The third-order valence-electron chi connectivity index (χ3n) is 2.18. The molecule has 0 saturated carbocycles. The van der Waals surface area contributed by atoms with Gasteiger partial charge in [-0.2, -0.15) is 0 Å². The lowest BCUT2D eigenvalue weighted by atomic mass is 9.84. The van der Waals surface area contributed by atoms with Crippen LogP contribution in [0.4, 0.5) is 0 Å². The molecule has 0 aliphatic heterocycles. The van der Waals surface area contributed by atoms with Gasteiger partial charge in [0.2, 0.25) is 5.91 Å².